The molecule has 2 unspecified atom stereocenters. The molecule has 5 aromatic rings. The molecule has 0 bridgehead atoms. The molecule has 1 aliphatic carbocycles. The molecule has 5 nitrogen and oxygen atoms in total. The van der Waals surface area contributed by atoms with Gasteiger partial charge in [-0.25, -0.2) is 0 Å². The zero-order valence-corrected chi connectivity index (χ0v) is 16.6. The fraction of sp³-hybridized carbons (Fsp3) is 0.160. The number of benzene rings is 2. The number of pyridine rings is 2. The van der Waals surface area contributed by atoms with Gasteiger partial charge in [0.15, 0.2) is 0 Å². The van der Waals surface area contributed by atoms with Crippen LogP contribution in [-0.4, -0.2) is 19.3 Å². The molecule has 0 amide bonds. The summed E-state index contributed by atoms with van der Waals surface area (Å²) >= 11 is 0. The third-order valence-corrected chi connectivity index (χ3v) is 6.09. The normalized spacial score (nSPS) is 18.2. The third-order valence-electron chi connectivity index (χ3n) is 6.09. The standard InChI is InChI=1S/C25H20N4O/c1-28-15-18(14-26-28)19-7-4-6-17-11-12-29(25(30)24(17)19)23-13-20(23)22-10-9-16-5-2-3-8-21(16)27-22/h2-12,14-15,20,23H,13H2,1H3. The van der Waals surface area contributed by atoms with E-state index in [0.29, 0.717) is 0 Å². The molecule has 5 heteroatoms. The maximum absolute atomic E-state index is 13.5. The predicted octanol–water partition coefficient (Wildman–Crippen LogP) is 4.68. The Bertz CT molecular complexity index is 1480. The second kappa shape index (κ2) is 6.39. The zero-order valence-electron chi connectivity index (χ0n) is 16.6. The van der Waals surface area contributed by atoms with Crippen LogP contribution in [0.4, 0.5) is 0 Å². The molecule has 0 spiro atoms. The molecular formula is C25H20N4O. The minimum Gasteiger partial charge on any atom is -0.311 e. The van der Waals surface area contributed by atoms with Gasteiger partial charge in [0.05, 0.1) is 17.1 Å². The molecule has 3 heterocycles. The van der Waals surface area contributed by atoms with E-state index in [1.807, 2.05) is 72.7 Å². The van der Waals surface area contributed by atoms with Gasteiger partial charge in [0.2, 0.25) is 0 Å². The van der Waals surface area contributed by atoms with Crippen LogP contribution in [0.3, 0.4) is 0 Å². The van der Waals surface area contributed by atoms with Crippen LogP contribution in [0.2, 0.25) is 0 Å². The van der Waals surface area contributed by atoms with Gasteiger partial charge in [-0.3, -0.25) is 14.5 Å². The van der Waals surface area contributed by atoms with Crippen molar-refractivity contribution in [2.45, 2.75) is 18.4 Å². The first kappa shape index (κ1) is 17.2. The Morgan fingerprint density at radius 1 is 0.967 bits per heavy atom. The number of para-hydroxylation sites is 1. The summed E-state index contributed by atoms with van der Waals surface area (Å²) in [4.78, 5) is 18.4. The van der Waals surface area contributed by atoms with Gasteiger partial charge < -0.3 is 4.57 Å². The SMILES string of the molecule is Cn1cc(-c2cccc3ccn(C4CC4c4ccc5ccccc5n4)c(=O)c23)cn1. The Hall–Kier alpha value is -3.73. The van der Waals surface area contributed by atoms with Crippen LogP contribution in [0.1, 0.15) is 24.1 Å². The van der Waals surface area contributed by atoms with Crippen LogP contribution >= 0.6 is 0 Å². The van der Waals surface area contributed by atoms with Crippen molar-refractivity contribution in [1.29, 1.82) is 0 Å². The van der Waals surface area contributed by atoms with Crippen molar-refractivity contribution < 1.29 is 0 Å². The quantitative estimate of drug-likeness (QED) is 0.448. The molecule has 1 fully saturated rings. The van der Waals surface area contributed by atoms with Crippen LogP contribution < -0.4 is 5.56 Å². The molecular weight excluding hydrogens is 372 g/mol. The van der Waals surface area contributed by atoms with Crippen LogP contribution in [0.25, 0.3) is 32.8 Å². The van der Waals surface area contributed by atoms with Gasteiger partial charge in [-0.15, -0.1) is 0 Å². The van der Waals surface area contributed by atoms with Crippen LogP contribution in [0.15, 0.2) is 84.0 Å². The van der Waals surface area contributed by atoms with E-state index in [4.69, 9.17) is 4.98 Å². The molecule has 30 heavy (non-hydrogen) atoms. The Balaban J connectivity index is 1.43. The lowest BCUT2D eigenvalue weighted by Gasteiger charge is -2.10. The first-order valence-corrected chi connectivity index (χ1v) is 10.2. The highest BCUT2D eigenvalue weighted by atomic mass is 16.1. The average molecular weight is 392 g/mol. The van der Waals surface area contributed by atoms with E-state index < -0.39 is 0 Å². The Kier molecular flexibility index (Phi) is 3.65. The summed E-state index contributed by atoms with van der Waals surface area (Å²) in [5.41, 5.74) is 4.01. The molecule has 0 saturated heterocycles. The van der Waals surface area contributed by atoms with E-state index >= 15 is 0 Å². The maximum atomic E-state index is 13.5. The lowest BCUT2D eigenvalue weighted by molar-refractivity contribution is 0.688. The molecule has 2 aromatic carbocycles. The minimum atomic E-state index is 0.0558. The second-order valence-corrected chi connectivity index (χ2v) is 8.04. The van der Waals surface area contributed by atoms with E-state index in [2.05, 4.69) is 23.3 Å². The molecule has 3 aromatic heterocycles. The Morgan fingerprint density at radius 3 is 2.70 bits per heavy atom. The summed E-state index contributed by atoms with van der Waals surface area (Å²) < 4.78 is 3.65. The number of hydrogen-bond acceptors (Lipinski definition) is 3. The number of fused-ring (bicyclic) bond motifs is 2. The topological polar surface area (TPSA) is 52.7 Å². The molecule has 0 radical (unpaired) electrons. The highest BCUT2D eigenvalue weighted by Crippen LogP contribution is 2.50. The summed E-state index contributed by atoms with van der Waals surface area (Å²) in [6.07, 6.45) is 6.63. The molecule has 146 valence electrons. The van der Waals surface area contributed by atoms with Crippen molar-refractivity contribution in [2.24, 2.45) is 7.05 Å². The fourth-order valence-corrected chi connectivity index (χ4v) is 4.46. The van der Waals surface area contributed by atoms with E-state index in [-0.39, 0.29) is 17.5 Å². The van der Waals surface area contributed by atoms with Gasteiger partial charge in [0, 0.05) is 48.0 Å². The number of aryl methyl sites for hydroxylation is 1. The van der Waals surface area contributed by atoms with Crippen molar-refractivity contribution in [3.8, 4) is 11.1 Å². The van der Waals surface area contributed by atoms with Gasteiger partial charge in [-0.05, 0) is 35.6 Å². The number of nitrogens with zero attached hydrogens (tertiary/aromatic N) is 4. The molecule has 2 atom stereocenters. The average Bonchev–Trinajstić information content (AvgIpc) is 3.45. The maximum Gasteiger partial charge on any atom is 0.259 e. The van der Waals surface area contributed by atoms with Gasteiger partial charge in [-0.2, -0.15) is 5.10 Å². The van der Waals surface area contributed by atoms with Crippen LogP contribution in [0, 0.1) is 0 Å². The van der Waals surface area contributed by atoms with Crippen molar-refractivity contribution in [1.82, 2.24) is 19.3 Å². The third kappa shape index (κ3) is 2.66. The second-order valence-electron chi connectivity index (χ2n) is 8.04. The first-order valence-electron chi connectivity index (χ1n) is 10.2. The fourth-order valence-electron chi connectivity index (χ4n) is 4.46. The zero-order chi connectivity index (χ0) is 20.2. The van der Waals surface area contributed by atoms with Crippen LogP contribution in [0.5, 0.6) is 0 Å². The smallest absolute Gasteiger partial charge is 0.259 e. The largest absolute Gasteiger partial charge is 0.311 e. The summed E-state index contributed by atoms with van der Waals surface area (Å²) in [5, 5.41) is 7.13. The first-order chi connectivity index (χ1) is 14.7. The van der Waals surface area contributed by atoms with Crippen LogP contribution in [-0.2, 0) is 7.05 Å². The van der Waals surface area contributed by atoms with Gasteiger partial charge >= 0.3 is 0 Å². The van der Waals surface area contributed by atoms with E-state index in [9.17, 15) is 4.79 Å². The van der Waals surface area contributed by atoms with Gasteiger partial charge in [-0.1, -0.05) is 42.5 Å². The van der Waals surface area contributed by atoms with E-state index in [0.717, 1.165) is 44.9 Å². The van der Waals surface area contributed by atoms with Crippen molar-refractivity contribution in [3.05, 3.63) is 95.3 Å². The van der Waals surface area contributed by atoms with Gasteiger partial charge in [0.25, 0.3) is 5.56 Å². The number of aromatic nitrogens is 4. The summed E-state index contributed by atoms with van der Waals surface area (Å²) in [6, 6.07) is 20.6. The van der Waals surface area contributed by atoms with E-state index in [1.165, 1.54) is 0 Å². The highest BCUT2D eigenvalue weighted by molar-refractivity contribution is 5.95. The molecule has 6 rings (SSSR count). The summed E-state index contributed by atoms with van der Waals surface area (Å²) in [6.45, 7) is 0. The highest BCUT2D eigenvalue weighted by Gasteiger charge is 2.41. The molecule has 0 N–H and O–H groups in total. The van der Waals surface area contributed by atoms with Crippen molar-refractivity contribution in [3.63, 3.8) is 0 Å². The molecule has 1 aliphatic rings. The summed E-state index contributed by atoms with van der Waals surface area (Å²) in [7, 11) is 1.89. The monoisotopic (exact) mass is 392 g/mol. The lowest BCUT2D eigenvalue weighted by atomic mass is 10.0. The van der Waals surface area contributed by atoms with Gasteiger partial charge in [0.1, 0.15) is 0 Å². The lowest BCUT2D eigenvalue weighted by Crippen LogP contribution is -2.19. The molecule has 0 aliphatic heterocycles. The minimum absolute atomic E-state index is 0.0558. The van der Waals surface area contributed by atoms with E-state index in [1.54, 1.807) is 4.68 Å². The van der Waals surface area contributed by atoms with Crippen molar-refractivity contribution >= 4 is 21.7 Å². The number of rotatable bonds is 3. The Morgan fingerprint density at radius 2 is 1.83 bits per heavy atom. The van der Waals surface area contributed by atoms with Crippen molar-refractivity contribution in [2.75, 3.05) is 0 Å². The number of hydrogen-bond donors (Lipinski definition) is 0. The molecule has 1 saturated carbocycles. The predicted molar refractivity (Wildman–Crippen MR) is 119 cm³/mol. The Labute approximate surface area is 173 Å². The summed E-state index contributed by atoms with van der Waals surface area (Å²) in [5.74, 6) is 0.273.